The molecule has 0 spiro atoms. The number of rotatable bonds is 5. The van der Waals surface area contributed by atoms with Crippen LogP contribution in [0.3, 0.4) is 0 Å². The van der Waals surface area contributed by atoms with Gasteiger partial charge in [-0.15, -0.1) is 0 Å². The SMILES string of the molecule is CCNCc1ccc(Sc2nc(C)c(C)c(C)n2)c(C)c1. The number of benzene rings is 1. The third kappa shape index (κ3) is 4.05. The Morgan fingerprint density at radius 3 is 2.29 bits per heavy atom. The van der Waals surface area contributed by atoms with Gasteiger partial charge in [0.05, 0.1) is 0 Å². The first-order valence-electron chi connectivity index (χ1n) is 7.31. The summed E-state index contributed by atoms with van der Waals surface area (Å²) < 4.78 is 0. The summed E-state index contributed by atoms with van der Waals surface area (Å²) in [7, 11) is 0. The lowest BCUT2D eigenvalue weighted by atomic mass is 10.1. The molecule has 0 aliphatic carbocycles. The Balaban J connectivity index is 2.20. The van der Waals surface area contributed by atoms with Crippen molar-refractivity contribution in [2.75, 3.05) is 6.54 Å². The minimum Gasteiger partial charge on any atom is -0.313 e. The number of hydrogen-bond acceptors (Lipinski definition) is 4. The van der Waals surface area contributed by atoms with Gasteiger partial charge in [0.1, 0.15) is 0 Å². The van der Waals surface area contributed by atoms with Crippen LogP contribution in [0.5, 0.6) is 0 Å². The fourth-order valence-corrected chi connectivity index (χ4v) is 3.01. The molecule has 112 valence electrons. The number of aryl methyl sites for hydroxylation is 3. The van der Waals surface area contributed by atoms with Crippen LogP contribution in [0.25, 0.3) is 0 Å². The number of nitrogens with zero attached hydrogens (tertiary/aromatic N) is 2. The zero-order valence-corrected chi connectivity index (χ0v) is 14.3. The van der Waals surface area contributed by atoms with E-state index in [9.17, 15) is 0 Å². The van der Waals surface area contributed by atoms with Gasteiger partial charge in [0.25, 0.3) is 0 Å². The highest BCUT2D eigenvalue weighted by molar-refractivity contribution is 7.99. The summed E-state index contributed by atoms with van der Waals surface area (Å²) in [5.74, 6) is 0. The Labute approximate surface area is 131 Å². The Morgan fingerprint density at radius 1 is 1.05 bits per heavy atom. The van der Waals surface area contributed by atoms with Gasteiger partial charge in [-0.1, -0.05) is 19.1 Å². The maximum atomic E-state index is 4.58. The normalized spacial score (nSPS) is 10.9. The predicted molar refractivity (Wildman–Crippen MR) is 88.9 cm³/mol. The van der Waals surface area contributed by atoms with Gasteiger partial charge in [0.15, 0.2) is 5.16 Å². The molecule has 1 N–H and O–H groups in total. The van der Waals surface area contributed by atoms with Crippen molar-refractivity contribution in [3.8, 4) is 0 Å². The Morgan fingerprint density at radius 2 is 1.71 bits per heavy atom. The summed E-state index contributed by atoms with van der Waals surface area (Å²) in [6.07, 6.45) is 0. The molecular weight excluding hydrogens is 278 g/mol. The molecule has 0 radical (unpaired) electrons. The van der Waals surface area contributed by atoms with E-state index in [-0.39, 0.29) is 0 Å². The number of aromatic nitrogens is 2. The van der Waals surface area contributed by atoms with E-state index in [2.05, 4.69) is 54.3 Å². The van der Waals surface area contributed by atoms with Crippen molar-refractivity contribution in [1.82, 2.24) is 15.3 Å². The number of nitrogens with one attached hydrogen (secondary N) is 1. The zero-order chi connectivity index (χ0) is 15.4. The van der Waals surface area contributed by atoms with Crippen LogP contribution >= 0.6 is 11.8 Å². The molecule has 2 rings (SSSR count). The van der Waals surface area contributed by atoms with Crippen LogP contribution < -0.4 is 5.32 Å². The molecule has 0 saturated heterocycles. The van der Waals surface area contributed by atoms with Crippen molar-refractivity contribution in [2.24, 2.45) is 0 Å². The maximum absolute atomic E-state index is 4.58. The quantitative estimate of drug-likeness (QED) is 0.848. The Kier molecular flexibility index (Phi) is 5.37. The highest BCUT2D eigenvalue weighted by atomic mass is 32.2. The smallest absolute Gasteiger partial charge is 0.192 e. The third-order valence-electron chi connectivity index (χ3n) is 3.63. The van der Waals surface area contributed by atoms with E-state index in [1.165, 1.54) is 21.6 Å². The molecule has 0 atom stereocenters. The highest BCUT2D eigenvalue weighted by Gasteiger charge is 2.08. The van der Waals surface area contributed by atoms with Gasteiger partial charge in [0, 0.05) is 22.8 Å². The summed E-state index contributed by atoms with van der Waals surface area (Å²) >= 11 is 1.64. The highest BCUT2D eigenvalue weighted by Crippen LogP contribution is 2.29. The standard InChI is InChI=1S/C17H23N3S/c1-6-18-10-15-7-8-16(11(2)9-15)21-17-19-13(4)12(3)14(5)20-17/h7-9,18H,6,10H2,1-5H3. The molecule has 0 fully saturated rings. The van der Waals surface area contributed by atoms with Crippen molar-refractivity contribution in [2.45, 2.75) is 51.2 Å². The first-order valence-corrected chi connectivity index (χ1v) is 8.12. The van der Waals surface area contributed by atoms with Crippen molar-refractivity contribution >= 4 is 11.8 Å². The lowest BCUT2D eigenvalue weighted by molar-refractivity contribution is 0.725. The fraction of sp³-hybridized carbons (Fsp3) is 0.412. The average Bonchev–Trinajstić information content (AvgIpc) is 2.45. The molecule has 0 aliphatic heterocycles. The molecule has 0 unspecified atom stereocenters. The van der Waals surface area contributed by atoms with Crippen LogP contribution in [0, 0.1) is 27.7 Å². The van der Waals surface area contributed by atoms with Crippen LogP contribution in [0.1, 0.15) is 35.0 Å². The lowest BCUT2D eigenvalue weighted by Crippen LogP contribution is -2.11. The van der Waals surface area contributed by atoms with Crippen molar-refractivity contribution < 1.29 is 0 Å². The molecule has 4 heteroatoms. The van der Waals surface area contributed by atoms with Crippen LogP contribution in [-0.2, 0) is 6.54 Å². The summed E-state index contributed by atoms with van der Waals surface area (Å²) in [5.41, 5.74) is 5.89. The van der Waals surface area contributed by atoms with Crippen LogP contribution in [0.2, 0.25) is 0 Å². The second-order valence-electron chi connectivity index (χ2n) is 5.28. The molecule has 21 heavy (non-hydrogen) atoms. The van der Waals surface area contributed by atoms with Crippen LogP contribution in [0.4, 0.5) is 0 Å². The molecule has 0 amide bonds. The van der Waals surface area contributed by atoms with E-state index in [4.69, 9.17) is 0 Å². The largest absolute Gasteiger partial charge is 0.313 e. The third-order valence-corrected chi connectivity index (χ3v) is 4.67. The molecule has 1 aromatic heterocycles. The topological polar surface area (TPSA) is 37.8 Å². The summed E-state index contributed by atoms with van der Waals surface area (Å²) in [4.78, 5) is 10.4. The van der Waals surface area contributed by atoms with Crippen molar-refractivity contribution in [3.63, 3.8) is 0 Å². The Hall–Kier alpha value is -1.39. The van der Waals surface area contributed by atoms with Gasteiger partial charge in [-0.25, -0.2) is 9.97 Å². The van der Waals surface area contributed by atoms with E-state index in [1.807, 2.05) is 13.8 Å². The summed E-state index contributed by atoms with van der Waals surface area (Å²) in [5, 5.41) is 4.18. The Bertz CT molecular complexity index is 615. The van der Waals surface area contributed by atoms with E-state index in [0.29, 0.717) is 0 Å². The first-order chi connectivity index (χ1) is 10.0. The summed E-state index contributed by atoms with van der Waals surface area (Å²) in [6, 6.07) is 6.57. The second-order valence-corrected chi connectivity index (χ2v) is 6.29. The fourth-order valence-electron chi connectivity index (χ4n) is 2.09. The van der Waals surface area contributed by atoms with Gasteiger partial charge in [-0.2, -0.15) is 0 Å². The second kappa shape index (κ2) is 7.05. The van der Waals surface area contributed by atoms with Gasteiger partial charge in [0.2, 0.25) is 0 Å². The van der Waals surface area contributed by atoms with Gasteiger partial charge < -0.3 is 5.32 Å². The monoisotopic (exact) mass is 301 g/mol. The van der Waals surface area contributed by atoms with E-state index in [1.54, 1.807) is 11.8 Å². The van der Waals surface area contributed by atoms with Gasteiger partial charge in [-0.3, -0.25) is 0 Å². The van der Waals surface area contributed by atoms with Crippen molar-refractivity contribution in [3.05, 3.63) is 46.3 Å². The lowest BCUT2D eigenvalue weighted by Gasteiger charge is -2.10. The van der Waals surface area contributed by atoms with Crippen LogP contribution in [0.15, 0.2) is 28.3 Å². The molecular formula is C17H23N3S. The van der Waals surface area contributed by atoms with E-state index < -0.39 is 0 Å². The molecule has 0 saturated carbocycles. The molecule has 1 heterocycles. The molecule has 0 aliphatic rings. The van der Waals surface area contributed by atoms with Gasteiger partial charge >= 0.3 is 0 Å². The first kappa shape index (κ1) is 16.0. The predicted octanol–water partition coefficient (Wildman–Crippen LogP) is 3.97. The van der Waals surface area contributed by atoms with Crippen molar-refractivity contribution in [1.29, 1.82) is 0 Å². The molecule has 0 bridgehead atoms. The van der Waals surface area contributed by atoms with Crippen LogP contribution in [-0.4, -0.2) is 16.5 Å². The average molecular weight is 301 g/mol. The minimum absolute atomic E-state index is 0.832. The van der Waals surface area contributed by atoms with Gasteiger partial charge in [-0.05, 0) is 68.8 Å². The molecule has 2 aromatic rings. The van der Waals surface area contributed by atoms with E-state index >= 15 is 0 Å². The van der Waals surface area contributed by atoms with E-state index in [0.717, 1.165) is 29.6 Å². The number of hydrogen-bond donors (Lipinski definition) is 1. The maximum Gasteiger partial charge on any atom is 0.192 e. The summed E-state index contributed by atoms with van der Waals surface area (Å²) in [6.45, 7) is 12.3. The molecule has 1 aromatic carbocycles. The molecule has 3 nitrogen and oxygen atoms in total. The minimum atomic E-state index is 0.832. The zero-order valence-electron chi connectivity index (χ0n) is 13.4.